The lowest BCUT2D eigenvalue weighted by atomic mass is 9.90. The molecule has 0 spiro atoms. The van der Waals surface area contributed by atoms with E-state index in [4.69, 9.17) is 9.84 Å². The molecule has 4 heteroatoms. The highest BCUT2D eigenvalue weighted by Gasteiger charge is 2.27. The van der Waals surface area contributed by atoms with Gasteiger partial charge in [0.1, 0.15) is 0 Å². The highest BCUT2D eigenvalue weighted by molar-refractivity contribution is 5.74. The first-order valence-electron chi connectivity index (χ1n) is 4.95. The van der Waals surface area contributed by atoms with Crippen LogP contribution in [-0.4, -0.2) is 23.3 Å². The number of benzene rings is 1. The van der Waals surface area contributed by atoms with Crippen LogP contribution in [0.3, 0.4) is 0 Å². The highest BCUT2D eigenvalue weighted by atomic mass is 16.5. The topological polar surface area (TPSA) is 66.8 Å². The molecule has 0 heterocycles. The Morgan fingerprint density at radius 1 is 1.38 bits per heavy atom. The number of ether oxygens (including phenoxy) is 1. The van der Waals surface area contributed by atoms with Crippen LogP contribution in [0.15, 0.2) is 24.3 Å². The molecule has 0 bridgehead atoms. The number of carboxylic acid groups (broad SMARTS) is 1. The summed E-state index contributed by atoms with van der Waals surface area (Å²) in [6, 6.07) is 6.82. The van der Waals surface area contributed by atoms with E-state index in [9.17, 15) is 9.90 Å². The zero-order valence-electron chi connectivity index (χ0n) is 9.60. The first-order chi connectivity index (χ1) is 7.40. The molecule has 1 rings (SSSR count). The van der Waals surface area contributed by atoms with Crippen molar-refractivity contribution in [1.82, 2.24) is 0 Å². The molecule has 0 aliphatic rings. The van der Waals surface area contributed by atoms with E-state index in [-0.39, 0.29) is 0 Å². The summed E-state index contributed by atoms with van der Waals surface area (Å²) in [5, 5.41) is 18.4. The molecule has 0 saturated heterocycles. The van der Waals surface area contributed by atoms with Gasteiger partial charge in [0.15, 0.2) is 6.10 Å². The molecule has 0 aliphatic carbocycles. The third-order valence-electron chi connectivity index (χ3n) is 2.65. The largest absolute Gasteiger partial charge is 0.479 e. The van der Waals surface area contributed by atoms with Crippen LogP contribution < -0.4 is 0 Å². The summed E-state index contributed by atoms with van der Waals surface area (Å²) in [4.78, 5) is 10.8. The minimum Gasteiger partial charge on any atom is -0.479 e. The van der Waals surface area contributed by atoms with Crippen molar-refractivity contribution in [2.24, 2.45) is 0 Å². The first-order valence-corrected chi connectivity index (χ1v) is 4.95. The van der Waals surface area contributed by atoms with Gasteiger partial charge in [0.25, 0.3) is 0 Å². The lowest BCUT2D eigenvalue weighted by Crippen LogP contribution is -2.24. The minimum absolute atomic E-state index is 0.363. The smallest absolute Gasteiger partial charge is 0.337 e. The van der Waals surface area contributed by atoms with Crippen LogP contribution in [0.5, 0.6) is 0 Å². The lowest BCUT2D eigenvalue weighted by molar-refractivity contribution is -0.147. The number of hydrogen-bond acceptors (Lipinski definition) is 3. The third kappa shape index (κ3) is 2.40. The fraction of sp³-hybridized carbons (Fsp3) is 0.417. The molecular weight excluding hydrogens is 208 g/mol. The molecule has 4 nitrogen and oxygen atoms in total. The summed E-state index contributed by atoms with van der Waals surface area (Å²) in [6.45, 7) is 3.64. The molecule has 0 radical (unpaired) electrons. The molecule has 2 N–H and O–H groups in total. The summed E-state index contributed by atoms with van der Waals surface area (Å²) >= 11 is 0. The Kier molecular flexibility index (Phi) is 3.67. The van der Waals surface area contributed by atoms with Crippen LogP contribution in [-0.2, 0) is 15.1 Å². The second kappa shape index (κ2) is 4.63. The van der Waals surface area contributed by atoms with Gasteiger partial charge >= 0.3 is 5.97 Å². The number of rotatable bonds is 4. The zero-order valence-corrected chi connectivity index (χ0v) is 9.60. The second-order valence-electron chi connectivity index (χ2n) is 4.04. The third-order valence-corrected chi connectivity index (χ3v) is 2.65. The Morgan fingerprint density at radius 2 is 1.94 bits per heavy atom. The van der Waals surface area contributed by atoms with Crippen LogP contribution >= 0.6 is 0 Å². The molecule has 1 aromatic rings. The molecule has 1 aromatic carbocycles. The molecule has 0 aliphatic heterocycles. The van der Waals surface area contributed by atoms with E-state index in [1.165, 1.54) is 0 Å². The Balaban J connectivity index is 3.25. The Labute approximate surface area is 94.5 Å². The normalized spacial score (nSPS) is 13.5. The maximum atomic E-state index is 10.8. The average Bonchev–Trinajstić information content (AvgIpc) is 2.28. The van der Waals surface area contributed by atoms with Gasteiger partial charge in [-0.25, -0.2) is 4.79 Å². The molecule has 1 atom stereocenters. The van der Waals surface area contributed by atoms with Gasteiger partial charge in [0, 0.05) is 7.11 Å². The predicted octanol–water partition coefficient (Wildman–Crippen LogP) is 1.69. The molecule has 16 heavy (non-hydrogen) atoms. The number of carbonyl (C=O) groups is 1. The van der Waals surface area contributed by atoms with Gasteiger partial charge < -0.3 is 14.9 Å². The van der Waals surface area contributed by atoms with E-state index in [2.05, 4.69) is 0 Å². The number of aliphatic carboxylic acids is 1. The van der Waals surface area contributed by atoms with Crippen molar-refractivity contribution in [3.05, 3.63) is 35.4 Å². The number of hydrogen-bond donors (Lipinski definition) is 2. The van der Waals surface area contributed by atoms with Gasteiger partial charge in [-0.3, -0.25) is 0 Å². The zero-order chi connectivity index (χ0) is 12.3. The summed E-state index contributed by atoms with van der Waals surface area (Å²) in [6.07, 6.45) is -1.52. The Hall–Kier alpha value is -1.39. The quantitative estimate of drug-likeness (QED) is 0.816. The Bertz CT molecular complexity index is 384. The fourth-order valence-corrected chi connectivity index (χ4v) is 1.53. The average molecular weight is 224 g/mol. The molecule has 1 unspecified atom stereocenters. The molecule has 0 aromatic heterocycles. The molecule has 0 saturated carbocycles. The lowest BCUT2D eigenvalue weighted by Gasteiger charge is -2.27. The number of methoxy groups -OCH3 is 1. The SMILES string of the molecule is COC(C)(C)c1ccccc1C(O)C(=O)O. The summed E-state index contributed by atoms with van der Waals surface area (Å²) in [7, 11) is 1.55. The van der Waals surface area contributed by atoms with Crippen LogP contribution in [0.2, 0.25) is 0 Å². The van der Waals surface area contributed by atoms with E-state index >= 15 is 0 Å². The summed E-state index contributed by atoms with van der Waals surface area (Å²) in [5.41, 5.74) is 0.404. The van der Waals surface area contributed by atoms with Crippen molar-refractivity contribution in [2.75, 3.05) is 7.11 Å². The van der Waals surface area contributed by atoms with Gasteiger partial charge in [-0.15, -0.1) is 0 Å². The maximum absolute atomic E-state index is 10.8. The van der Waals surface area contributed by atoms with Gasteiger partial charge in [-0.2, -0.15) is 0 Å². The number of aliphatic hydroxyl groups excluding tert-OH is 1. The first kappa shape index (κ1) is 12.7. The van der Waals surface area contributed by atoms with Gasteiger partial charge in [-0.05, 0) is 25.0 Å². The summed E-state index contributed by atoms with van der Waals surface area (Å²) < 4.78 is 5.29. The minimum atomic E-state index is -1.52. The van der Waals surface area contributed by atoms with E-state index in [0.29, 0.717) is 11.1 Å². The predicted molar refractivity (Wildman–Crippen MR) is 59.1 cm³/mol. The van der Waals surface area contributed by atoms with Crippen LogP contribution in [0.1, 0.15) is 31.1 Å². The van der Waals surface area contributed by atoms with Crippen molar-refractivity contribution < 1.29 is 19.7 Å². The van der Waals surface area contributed by atoms with E-state index in [1.807, 2.05) is 13.8 Å². The van der Waals surface area contributed by atoms with E-state index in [0.717, 1.165) is 0 Å². The van der Waals surface area contributed by atoms with Crippen molar-refractivity contribution in [2.45, 2.75) is 25.6 Å². The van der Waals surface area contributed by atoms with Crippen molar-refractivity contribution in [3.8, 4) is 0 Å². The molecular formula is C12H16O4. The molecule has 0 fully saturated rings. The van der Waals surface area contributed by atoms with Gasteiger partial charge in [0.05, 0.1) is 5.60 Å². The van der Waals surface area contributed by atoms with E-state index in [1.54, 1.807) is 31.4 Å². The number of aliphatic hydroxyl groups is 1. The van der Waals surface area contributed by atoms with Crippen LogP contribution in [0, 0.1) is 0 Å². The van der Waals surface area contributed by atoms with Gasteiger partial charge in [-0.1, -0.05) is 24.3 Å². The number of carboxylic acids is 1. The van der Waals surface area contributed by atoms with Crippen LogP contribution in [0.25, 0.3) is 0 Å². The van der Waals surface area contributed by atoms with Crippen LogP contribution in [0.4, 0.5) is 0 Å². The monoisotopic (exact) mass is 224 g/mol. The maximum Gasteiger partial charge on any atom is 0.337 e. The van der Waals surface area contributed by atoms with Crippen molar-refractivity contribution in [1.29, 1.82) is 0 Å². The second-order valence-corrected chi connectivity index (χ2v) is 4.04. The van der Waals surface area contributed by atoms with E-state index < -0.39 is 17.7 Å². The van der Waals surface area contributed by atoms with Gasteiger partial charge in [0.2, 0.25) is 0 Å². The Morgan fingerprint density at radius 3 is 2.44 bits per heavy atom. The molecule has 88 valence electrons. The molecule has 0 amide bonds. The van der Waals surface area contributed by atoms with Crippen molar-refractivity contribution in [3.63, 3.8) is 0 Å². The fourth-order valence-electron chi connectivity index (χ4n) is 1.53. The summed E-state index contributed by atoms with van der Waals surface area (Å²) in [5.74, 6) is -1.26. The van der Waals surface area contributed by atoms with Crippen molar-refractivity contribution >= 4 is 5.97 Å². The standard InChI is InChI=1S/C12H16O4/c1-12(2,16-3)9-7-5-4-6-8(9)10(13)11(14)15/h4-7,10,13H,1-3H3,(H,14,15). The highest BCUT2D eigenvalue weighted by Crippen LogP contribution is 2.30.